The van der Waals surface area contributed by atoms with Crippen LogP contribution in [0.1, 0.15) is 22.6 Å². The molecular weight excluding hydrogens is 292 g/mol. The molecule has 0 radical (unpaired) electrons. The van der Waals surface area contributed by atoms with Gasteiger partial charge in [-0.25, -0.2) is 0 Å². The first-order chi connectivity index (χ1) is 11.1. The molecule has 0 aliphatic heterocycles. The fraction of sp³-hybridized carbons (Fsp3) is 0.182. The summed E-state index contributed by atoms with van der Waals surface area (Å²) in [4.78, 5) is 0. The zero-order valence-electron chi connectivity index (χ0n) is 14.2. The summed E-state index contributed by atoms with van der Waals surface area (Å²) < 4.78 is 0. The van der Waals surface area contributed by atoms with Crippen LogP contribution < -0.4 is 5.19 Å². The zero-order chi connectivity index (χ0) is 16.3. The molecule has 3 rings (SSSR count). The molecule has 0 unspecified atom stereocenters. The minimum absolute atomic E-state index is 0.299. The molecule has 0 saturated heterocycles. The molecule has 0 aliphatic rings. The summed E-state index contributed by atoms with van der Waals surface area (Å²) in [6.45, 7) is 7.19. The van der Waals surface area contributed by atoms with Gasteiger partial charge in [-0.2, -0.15) is 0 Å². The lowest BCUT2D eigenvalue weighted by molar-refractivity contribution is 0.978. The van der Waals surface area contributed by atoms with Crippen LogP contribution in [0, 0.1) is 0 Å². The van der Waals surface area contributed by atoms with Crippen molar-refractivity contribution in [2.45, 2.75) is 25.6 Å². The van der Waals surface area contributed by atoms with E-state index >= 15 is 0 Å². The fourth-order valence-corrected chi connectivity index (χ4v) is 4.21. The van der Waals surface area contributed by atoms with E-state index in [0.29, 0.717) is 5.92 Å². The van der Waals surface area contributed by atoms with Crippen molar-refractivity contribution >= 4 is 13.3 Å². The van der Waals surface area contributed by atoms with Crippen LogP contribution in [-0.4, -0.2) is 8.07 Å². The number of benzene rings is 3. The van der Waals surface area contributed by atoms with Gasteiger partial charge in [-0.3, -0.25) is 0 Å². The van der Waals surface area contributed by atoms with Gasteiger partial charge in [0, 0.05) is 5.92 Å². The van der Waals surface area contributed by atoms with Gasteiger partial charge in [-0.15, -0.1) is 0 Å². The Morgan fingerprint density at radius 1 is 0.522 bits per heavy atom. The van der Waals surface area contributed by atoms with E-state index < -0.39 is 8.07 Å². The van der Waals surface area contributed by atoms with E-state index in [1.54, 1.807) is 0 Å². The average molecular weight is 317 g/mol. The first-order valence-electron chi connectivity index (χ1n) is 8.26. The second-order valence-corrected chi connectivity index (χ2v) is 12.2. The fourth-order valence-electron chi connectivity index (χ4n) is 3.04. The predicted molar refractivity (Wildman–Crippen MR) is 103 cm³/mol. The Hall–Kier alpha value is -2.12. The van der Waals surface area contributed by atoms with Crippen LogP contribution in [0.4, 0.5) is 0 Å². The van der Waals surface area contributed by atoms with Gasteiger partial charge in [0.15, 0.2) is 0 Å². The molecule has 0 N–H and O–H groups in total. The summed E-state index contributed by atoms with van der Waals surface area (Å²) >= 11 is 0. The van der Waals surface area contributed by atoms with Crippen LogP contribution in [0.2, 0.25) is 19.6 Å². The Kier molecular flexibility index (Phi) is 4.49. The van der Waals surface area contributed by atoms with Crippen molar-refractivity contribution in [2.24, 2.45) is 0 Å². The third-order valence-corrected chi connectivity index (χ3v) is 6.44. The third kappa shape index (κ3) is 3.62. The van der Waals surface area contributed by atoms with Crippen LogP contribution in [0.25, 0.3) is 0 Å². The minimum Gasteiger partial charge on any atom is -0.0656 e. The van der Waals surface area contributed by atoms with Crippen LogP contribution in [0.15, 0.2) is 84.9 Å². The van der Waals surface area contributed by atoms with Crippen molar-refractivity contribution in [1.29, 1.82) is 0 Å². The van der Waals surface area contributed by atoms with E-state index in [2.05, 4.69) is 105 Å². The van der Waals surface area contributed by atoms with Crippen LogP contribution in [-0.2, 0) is 0 Å². The standard InChI is InChI=1S/C22H24Si/c1-23(2,3)21-16-14-20(15-17-21)22(18-10-6-4-7-11-18)19-12-8-5-9-13-19/h4-17,22H,1-3H3. The van der Waals surface area contributed by atoms with E-state index in [-0.39, 0.29) is 0 Å². The molecule has 116 valence electrons. The second kappa shape index (κ2) is 6.55. The molecule has 0 saturated carbocycles. The Morgan fingerprint density at radius 2 is 0.913 bits per heavy atom. The van der Waals surface area contributed by atoms with Crippen molar-refractivity contribution in [2.75, 3.05) is 0 Å². The summed E-state index contributed by atoms with van der Waals surface area (Å²) in [6.07, 6.45) is 0. The lowest BCUT2D eigenvalue weighted by Gasteiger charge is -2.21. The van der Waals surface area contributed by atoms with E-state index in [9.17, 15) is 0 Å². The molecular formula is C22H24Si. The highest BCUT2D eigenvalue weighted by Crippen LogP contribution is 2.31. The first kappa shape index (κ1) is 15.8. The molecule has 23 heavy (non-hydrogen) atoms. The molecule has 0 amide bonds. The molecule has 0 aromatic heterocycles. The number of hydrogen-bond acceptors (Lipinski definition) is 0. The molecule has 0 nitrogen and oxygen atoms in total. The monoisotopic (exact) mass is 316 g/mol. The van der Waals surface area contributed by atoms with Crippen LogP contribution in [0.3, 0.4) is 0 Å². The van der Waals surface area contributed by atoms with Gasteiger partial charge in [0.2, 0.25) is 0 Å². The maximum Gasteiger partial charge on any atom is 0.0775 e. The summed E-state index contributed by atoms with van der Waals surface area (Å²) in [5.74, 6) is 0.299. The van der Waals surface area contributed by atoms with Crippen LogP contribution in [0.5, 0.6) is 0 Å². The van der Waals surface area contributed by atoms with Gasteiger partial charge in [0.1, 0.15) is 0 Å². The Labute approximate surface area is 140 Å². The summed E-state index contributed by atoms with van der Waals surface area (Å²) in [5.41, 5.74) is 4.06. The van der Waals surface area contributed by atoms with E-state index in [0.717, 1.165) is 0 Å². The highest BCUT2D eigenvalue weighted by atomic mass is 28.3. The largest absolute Gasteiger partial charge is 0.0775 e. The topological polar surface area (TPSA) is 0 Å². The lowest BCUT2D eigenvalue weighted by atomic mass is 9.85. The van der Waals surface area contributed by atoms with Gasteiger partial charge < -0.3 is 0 Å². The van der Waals surface area contributed by atoms with Gasteiger partial charge in [0.25, 0.3) is 0 Å². The molecule has 0 aliphatic carbocycles. The molecule has 0 spiro atoms. The second-order valence-electron chi connectivity index (χ2n) is 7.13. The summed E-state index contributed by atoms with van der Waals surface area (Å²) in [6, 6.07) is 30.9. The molecule has 3 aromatic rings. The van der Waals surface area contributed by atoms with Crippen molar-refractivity contribution in [3.63, 3.8) is 0 Å². The molecule has 1 heteroatoms. The molecule has 0 heterocycles. The predicted octanol–water partition coefficient (Wildman–Crippen LogP) is 5.41. The Bertz CT molecular complexity index is 698. The van der Waals surface area contributed by atoms with E-state index in [1.165, 1.54) is 21.9 Å². The summed E-state index contributed by atoms with van der Waals surface area (Å²) in [5, 5.41) is 1.51. The number of hydrogen-bond donors (Lipinski definition) is 0. The van der Waals surface area contributed by atoms with Gasteiger partial charge in [-0.05, 0) is 16.7 Å². The van der Waals surface area contributed by atoms with Gasteiger partial charge in [0.05, 0.1) is 8.07 Å². The maximum absolute atomic E-state index is 2.40. The summed E-state index contributed by atoms with van der Waals surface area (Å²) in [7, 11) is -1.25. The highest BCUT2D eigenvalue weighted by Gasteiger charge is 2.19. The molecule has 0 fully saturated rings. The quantitative estimate of drug-likeness (QED) is 0.446. The van der Waals surface area contributed by atoms with Crippen molar-refractivity contribution < 1.29 is 0 Å². The van der Waals surface area contributed by atoms with E-state index in [4.69, 9.17) is 0 Å². The maximum atomic E-state index is 2.40. The minimum atomic E-state index is -1.25. The smallest absolute Gasteiger partial charge is 0.0656 e. The van der Waals surface area contributed by atoms with Crippen molar-refractivity contribution in [3.05, 3.63) is 102 Å². The Morgan fingerprint density at radius 3 is 1.30 bits per heavy atom. The molecule has 3 aromatic carbocycles. The van der Waals surface area contributed by atoms with Gasteiger partial charge >= 0.3 is 0 Å². The Balaban J connectivity index is 2.06. The highest BCUT2D eigenvalue weighted by molar-refractivity contribution is 6.88. The molecule has 0 bridgehead atoms. The van der Waals surface area contributed by atoms with Gasteiger partial charge in [-0.1, -0.05) is 110 Å². The number of rotatable bonds is 4. The third-order valence-electron chi connectivity index (χ3n) is 4.38. The SMILES string of the molecule is C[Si](C)(C)c1ccc(C(c2ccccc2)c2ccccc2)cc1. The van der Waals surface area contributed by atoms with E-state index in [1.807, 2.05) is 0 Å². The zero-order valence-corrected chi connectivity index (χ0v) is 15.2. The normalized spacial score (nSPS) is 11.7. The first-order valence-corrected chi connectivity index (χ1v) is 11.8. The van der Waals surface area contributed by atoms with Crippen LogP contribution >= 0.6 is 0 Å². The average Bonchev–Trinajstić information content (AvgIpc) is 2.57. The van der Waals surface area contributed by atoms with Crippen molar-refractivity contribution in [3.8, 4) is 0 Å². The van der Waals surface area contributed by atoms with Crippen molar-refractivity contribution in [1.82, 2.24) is 0 Å². The lowest BCUT2D eigenvalue weighted by Crippen LogP contribution is -2.37. The molecule has 0 atom stereocenters.